The smallest absolute Gasteiger partial charge is 0.279 e. The molecule has 3 rings (SSSR count). The van der Waals surface area contributed by atoms with Gasteiger partial charge in [-0.3, -0.25) is 4.79 Å². The summed E-state index contributed by atoms with van der Waals surface area (Å²) in [5.41, 5.74) is 4.02. The van der Waals surface area contributed by atoms with E-state index in [0.717, 1.165) is 29.1 Å². The van der Waals surface area contributed by atoms with Crippen molar-refractivity contribution in [3.63, 3.8) is 0 Å². The molecule has 1 aliphatic rings. The summed E-state index contributed by atoms with van der Waals surface area (Å²) in [6.07, 6.45) is 2.37. The molecule has 2 aromatic carbocycles. The first-order valence-corrected chi connectivity index (χ1v) is 9.38. The van der Waals surface area contributed by atoms with Crippen molar-refractivity contribution in [1.82, 2.24) is 0 Å². The molecule has 0 aliphatic heterocycles. The predicted molar refractivity (Wildman–Crippen MR) is 105 cm³/mol. The van der Waals surface area contributed by atoms with E-state index in [1.165, 1.54) is 23.3 Å². The van der Waals surface area contributed by atoms with Crippen LogP contribution in [-0.4, -0.2) is 25.6 Å². The van der Waals surface area contributed by atoms with Crippen LogP contribution in [0.3, 0.4) is 0 Å². The van der Waals surface area contributed by atoms with Gasteiger partial charge in [-0.15, -0.1) is 0 Å². The molecule has 0 heterocycles. The van der Waals surface area contributed by atoms with Crippen molar-refractivity contribution in [3.8, 4) is 5.75 Å². The lowest BCUT2D eigenvalue weighted by Crippen LogP contribution is -3.13. The van der Waals surface area contributed by atoms with E-state index in [2.05, 4.69) is 17.4 Å². The SMILES string of the molecule is COc1ccc(C[NH+](CC(=O)Nc2c(C)cc(C)cc2Cl)C2CC2)cc1. The second kappa shape index (κ2) is 8.11. The first-order valence-electron chi connectivity index (χ1n) is 9.00. The molecule has 1 amide bonds. The second-order valence-electron chi connectivity index (χ2n) is 7.12. The Morgan fingerprint density at radius 2 is 1.92 bits per heavy atom. The number of aryl methyl sites for hydroxylation is 2. The van der Waals surface area contributed by atoms with Crippen LogP contribution in [0.1, 0.15) is 29.5 Å². The van der Waals surface area contributed by atoms with Gasteiger partial charge in [-0.2, -0.15) is 0 Å². The number of ether oxygens (including phenoxy) is 1. The number of carbonyl (C=O) groups excluding carboxylic acids is 1. The van der Waals surface area contributed by atoms with Crippen LogP contribution in [0.2, 0.25) is 5.02 Å². The number of nitrogens with one attached hydrogen (secondary N) is 2. The zero-order valence-electron chi connectivity index (χ0n) is 15.6. The third-order valence-electron chi connectivity index (χ3n) is 4.83. The first kappa shape index (κ1) is 18.7. The molecule has 4 nitrogen and oxygen atoms in total. The zero-order chi connectivity index (χ0) is 18.7. The standard InChI is InChI=1S/C21H25ClN2O2/c1-14-10-15(2)21(19(22)11-14)23-20(25)13-24(17-6-7-17)12-16-4-8-18(26-3)9-5-16/h4-5,8-11,17H,6-7,12-13H2,1-3H3,(H,23,25)/p+1. The van der Waals surface area contributed by atoms with Gasteiger partial charge in [-0.05, 0) is 55.3 Å². The van der Waals surface area contributed by atoms with Gasteiger partial charge in [0.05, 0.1) is 23.9 Å². The van der Waals surface area contributed by atoms with E-state index in [9.17, 15) is 4.79 Å². The Hall–Kier alpha value is -2.04. The number of carbonyl (C=O) groups is 1. The number of benzene rings is 2. The summed E-state index contributed by atoms with van der Waals surface area (Å²) in [4.78, 5) is 13.9. The average Bonchev–Trinajstić information content (AvgIpc) is 3.43. The Kier molecular flexibility index (Phi) is 5.84. The average molecular weight is 374 g/mol. The lowest BCUT2D eigenvalue weighted by atomic mass is 10.1. The number of methoxy groups -OCH3 is 1. The summed E-state index contributed by atoms with van der Waals surface area (Å²) in [5.74, 6) is 0.859. The van der Waals surface area contributed by atoms with Crippen LogP contribution >= 0.6 is 11.6 Å². The van der Waals surface area contributed by atoms with Crippen molar-refractivity contribution < 1.29 is 14.4 Å². The van der Waals surface area contributed by atoms with Gasteiger partial charge in [0.15, 0.2) is 6.54 Å². The van der Waals surface area contributed by atoms with E-state index >= 15 is 0 Å². The summed E-state index contributed by atoms with van der Waals surface area (Å²) in [6.45, 7) is 5.25. The van der Waals surface area contributed by atoms with Crippen LogP contribution in [0.25, 0.3) is 0 Å². The first-order chi connectivity index (χ1) is 12.5. The van der Waals surface area contributed by atoms with Gasteiger partial charge >= 0.3 is 0 Å². The minimum atomic E-state index is 0.00858. The number of hydrogen-bond acceptors (Lipinski definition) is 2. The third-order valence-corrected chi connectivity index (χ3v) is 5.13. The molecule has 1 fully saturated rings. The van der Waals surface area contributed by atoms with Crippen molar-refractivity contribution in [1.29, 1.82) is 0 Å². The van der Waals surface area contributed by atoms with E-state index in [-0.39, 0.29) is 5.91 Å². The quantitative estimate of drug-likeness (QED) is 0.783. The molecule has 0 spiro atoms. The fraction of sp³-hybridized carbons (Fsp3) is 0.381. The molecule has 0 saturated heterocycles. The number of halogens is 1. The zero-order valence-corrected chi connectivity index (χ0v) is 16.3. The summed E-state index contributed by atoms with van der Waals surface area (Å²) in [6, 6.07) is 12.6. The van der Waals surface area contributed by atoms with E-state index in [1.807, 2.05) is 38.1 Å². The van der Waals surface area contributed by atoms with Crippen molar-refractivity contribution >= 4 is 23.2 Å². The van der Waals surface area contributed by atoms with Gasteiger partial charge in [-0.25, -0.2) is 0 Å². The summed E-state index contributed by atoms with van der Waals surface area (Å²) >= 11 is 6.32. The molecule has 1 aliphatic carbocycles. The van der Waals surface area contributed by atoms with E-state index < -0.39 is 0 Å². The molecule has 2 aromatic rings. The molecule has 5 heteroatoms. The van der Waals surface area contributed by atoms with Crippen LogP contribution in [0.5, 0.6) is 5.75 Å². The van der Waals surface area contributed by atoms with Gasteiger partial charge < -0.3 is 15.0 Å². The Morgan fingerprint density at radius 3 is 2.50 bits per heavy atom. The summed E-state index contributed by atoms with van der Waals surface area (Å²) < 4.78 is 5.21. The fourth-order valence-corrected chi connectivity index (χ4v) is 3.68. The number of amides is 1. The molecule has 138 valence electrons. The largest absolute Gasteiger partial charge is 0.497 e. The third kappa shape index (κ3) is 4.77. The second-order valence-corrected chi connectivity index (χ2v) is 7.53. The highest BCUT2D eigenvalue weighted by atomic mass is 35.5. The van der Waals surface area contributed by atoms with Crippen LogP contribution in [0.15, 0.2) is 36.4 Å². The molecule has 1 saturated carbocycles. The lowest BCUT2D eigenvalue weighted by Gasteiger charge is -2.20. The van der Waals surface area contributed by atoms with Gasteiger partial charge in [0.25, 0.3) is 5.91 Å². The highest BCUT2D eigenvalue weighted by Crippen LogP contribution is 2.27. The topological polar surface area (TPSA) is 42.8 Å². The van der Waals surface area contributed by atoms with Crippen molar-refractivity contribution in [3.05, 3.63) is 58.1 Å². The van der Waals surface area contributed by atoms with Gasteiger partial charge in [0.1, 0.15) is 12.3 Å². The minimum absolute atomic E-state index is 0.00858. The van der Waals surface area contributed by atoms with Crippen LogP contribution in [-0.2, 0) is 11.3 Å². The Labute approximate surface area is 160 Å². The van der Waals surface area contributed by atoms with Gasteiger partial charge in [0, 0.05) is 18.4 Å². The molecule has 0 radical (unpaired) electrons. The van der Waals surface area contributed by atoms with Crippen LogP contribution < -0.4 is 15.0 Å². The normalized spacial score (nSPS) is 14.8. The molecule has 0 bridgehead atoms. The van der Waals surface area contributed by atoms with Crippen LogP contribution in [0, 0.1) is 13.8 Å². The Balaban J connectivity index is 1.65. The van der Waals surface area contributed by atoms with E-state index in [1.54, 1.807) is 7.11 Å². The number of quaternary nitrogens is 1. The predicted octanol–water partition coefficient (Wildman–Crippen LogP) is 3.15. The monoisotopic (exact) mass is 373 g/mol. The number of hydrogen-bond donors (Lipinski definition) is 2. The molecular formula is C21H26ClN2O2+. The Bertz CT molecular complexity index is 762. The maximum absolute atomic E-state index is 12.6. The van der Waals surface area contributed by atoms with Crippen molar-refractivity contribution in [2.45, 2.75) is 39.3 Å². The number of rotatable bonds is 7. The lowest BCUT2D eigenvalue weighted by molar-refractivity contribution is -0.916. The fourth-order valence-electron chi connectivity index (χ4n) is 3.31. The maximum atomic E-state index is 12.6. The maximum Gasteiger partial charge on any atom is 0.279 e. The number of anilines is 1. The molecule has 26 heavy (non-hydrogen) atoms. The summed E-state index contributed by atoms with van der Waals surface area (Å²) in [5, 5.41) is 3.61. The molecular weight excluding hydrogens is 348 g/mol. The minimum Gasteiger partial charge on any atom is -0.497 e. The van der Waals surface area contributed by atoms with Crippen molar-refractivity contribution in [2.24, 2.45) is 0 Å². The highest BCUT2D eigenvalue weighted by Gasteiger charge is 2.34. The van der Waals surface area contributed by atoms with Crippen LogP contribution in [0.4, 0.5) is 5.69 Å². The Morgan fingerprint density at radius 1 is 1.23 bits per heavy atom. The highest BCUT2D eigenvalue weighted by molar-refractivity contribution is 6.34. The molecule has 2 N–H and O–H groups in total. The molecule has 0 aromatic heterocycles. The van der Waals surface area contributed by atoms with E-state index in [0.29, 0.717) is 17.6 Å². The molecule has 1 unspecified atom stereocenters. The van der Waals surface area contributed by atoms with Gasteiger partial charge in [0.2, 0.25) is 0 Å². The van der Waals surface area contributed by atoms with Gasteiger partial charge in [-0.1, -0.05) is 17.7 Å². The summed E-state index contributed by atoms with van der Waals surface area (Å²) in [7, 11) is 1.67. The van der Waals surface area contributed by atoms with Crippen molar-refractivity contribution in [2.75, 3.05) is 19.0 Å². The van der Waals surface area contributed by atoms with E-state index in [4.69, 9.17) is 16.3 Å². The molecule has 1 atom stereocenters.